The van der Waals surface area contributed by atoms with Crippen LogP contribution in [0, 0.1) is 0 Å². The fourth-order valence-corrected chi connectivity index (χ4v) is 3.36. The predicted molar refractivity (Wildman–Crippen MR) is 98.3 cm³/mol. The Morgan fingerprint density at radius 1 is 1.27 bits per heavy atom. The molecule has 0 aliphatic carbocycles. The monoisotopic (exact) mass is 358 g/mol. The largest absolute Gasteiger partial charge is 0.494 e. The lowest BCUT2D eigenvalue weighted by Gasteiger charge is -2.38. The Balaban J connectivity index is 1.73. The van der Waals surface area contributed by atoms with E-state index in [-0.39, 0.29) is 17.9 Å². The molecule has 0 unspecified atom stereocenters. The number of carbonyl (C=O) groups is 1. The molecule has 3 N–H and O–H groups in total. The predicted octanol–water partition coefficient (Wildman–Crippen LogP) is 2.62. The van der Waals surface area contributed by atoms with Crippen molar-refractivity contribution in [3.8, 4) is 5.75 Å². The Morgan fingerprint density at radius 2 is 2.00 bits per heavy atom. The molecule has 0 radical (unpaired) electrons. The van der Waals surface area contributed by atoms with Crippen LogP contribution in [-0.2, 0) is 16.7 Å². The van der Waals surface area contributed by atoms with Crippen LogP contribution in [0.4, 0.5) is 0 Å². The number of amides is 1. The number of nitrogens with two attached hydrogens (primary N) is 1. The van der Waals surface area contributed by atoms with E-state index >= 15 is 0 Å². The Bertz CT molecular complexity index is 718. The number of benzene rings is 1. The number of ether oxygens (including phenoxy) is 2. The van der Waals surface area contributed by atoms with E-state index in [4.69, 9.17) is 19.6 Å². The molecule has 3 rings (SSSR count). The topological polar surface area (TPSA) is 86.7 Å². The van der Waals surface area contributed by atoms with Crippen molar-refractivity contribution < 1.29 is 18.7 Å². The van der Waals surface area contributed by atoms with E-state index in [9.17, 15) is 4.79 Å². The molecule has 6 nitrogen and oxygen atoms in total. The number of hydrogen-bond acceptors (Lipinski definition) is 5. The van der Waals surface area contributed by atoms with Crippen LogP contribution in [0.5, 0.6) is 5.75 Å². The van der Waals surface area contributed by atoms with Gasteiger partial charge in [-0.2, -0.15) is 0 Å². The first-order chi connectivity index (χ1) is 12.7. The Hall–Kier alpha value is -2.31. The lowest BCUT2D eigenvalue weighted by Crippen LogP contribution is -2.44. The minimum absolute atomic E-state index is 0.140. The summed E-state index contributed by atoms with van der Waals surface area (Å²) in [4.78, 5) is 12.5. The first-order valence-corrected chi connectivity index (χ1v) is 9.03. The van der Waals surface area contributed by atoms with Gasteiger partial charge in [0.15, 0.2) is 0 Å². The van der Waals surface area contributed by atoms with E-state index < -0.39 is 0 Å². The van der Waals surface area contributed by atoms with Crippen molar-refractivity contribution in [3.05, 3.63) is 53.5 Å². The van der Waals surface area contributed by atoms with Gasteiger partial charge >= 0.3 is 0 Å². The standard InChI is InChI=1S/C20H26N2O4/c1-2-25-17-5-3-16(4-6-17)20(7-9-24-10-8-20)14-22-19(23)15-11-18(12-21)26-13-15/h3-6,11,13H,2,7-10,12,14,21H2,1H3,(H,22,23). The minimum atomic E-state index is -0.148. The lowest BCUT2D eigenvalue weighted by atomic mass is 9.74. The number of rotatable bonds is 7. The van der Waals surface area contributed by atoms with Crippen molar-refractivity contribution in [1.29, 1.82) is 0 Å². The summed E-state index contributed by atoms with van der Waals surface area (Å²) < 4.78 is 16.3. The zero-order valence-corrected chi connectivity index (χ0v) is 15.1. The van der Waals surface area contributed by atoms with Crippen LogP contribution in [0.25, 0.3) is 0 Å². The lowest BCUT2D eigenvalue weighted by molar-refractivity contribution is 0.0487. The Labute approximate surface area is 153 Å². The molecule has 2 aromatic rings. The average molecular weight is 358 g/mol. The molecule has 1 aromatic heterocycles. The van der Waals surface area contributed by atoms with Crippen LogP contribution in [0.3, 0.4) is 0 Å². The molecule has 26 heavy (non-hydrogen) atoms. The van der Waals surface area contributed by atoms with E-state index in [1.54, 1.807) is 6.07 Å². The average Bonchev–Trinajstić information content (AvgIpc) is 3.17. The van der Waals surface area contributed by atoms with Crippen LogP contribution >= 0.6 is 0 Å². The van der Waals surface area contributed by atoms with Gasteiger partial charge in [-0.25, -0.2) is 0 Å². The Morgan fingerprint density at radius 3 is 2.62 bits per heavy atom. The fraction of sp³-hybridized carbons (Fsp3) is 0.450. The quantitative estimate of drug-likeness (QED) is 0.794. The summed E-state index contributed by atoms with van der Waals surface area (Å²) in [5, 5.41) is 3.06. The summed E-state index contributed by atoms with van der Waals surface area (Å²) in [5.41, 5.74) is 7.09. The maximum atomic E-state index is 12.5. The normalized spacial score (nSPS) is 16.2. The second-order valence-electron chi connectivity index (χ2n) is 6.54. The third kappa shape index (κ3) is 4.08. The zero-order valence-electron chi connectivity index (χ0n) is 15.1. The van der Waals surface area contributed by atoms with Gasteiger partial charge in [0, 0.05) is 25.2 Å². The molecule has 0 bridgehead atoms. The van der Waals surface area contributed by atoms with Gasteiger partial charge in [-0.15, -0.1) is 0 Å². The van der Waals surface area contributed by atoms with Crippen LogP contribution < -0.4 is 15.8 Å². The van der Waals surface area contributed by atoms with E-state index in [1.807, 2.05) is 19.1 Å². The van der Waals surface area contributed by atoms with E-state index in [0.717, 1.165) is 18.6 Å². The first kappa shape index (κ1) is 18.5. The molecule has 1 aliphatic rings. The molecule has 1 aromatic carbocycles. The van der Waals surface area contributed by atoms with Gasteiger partial charge in [-0.05, 0) is 43.5 Å². The van der Waals surface area contributed by atoms with Gasteiger partial charge in [0.05, 0.1) is 18.7 Å². The summed E-state index contributed by atoms with van der Waals surface area (Å²) in [5.74, 6) is 1.31. The van der Waals surface area contributed by atoms with E-state index in [2.05, 4.69) is 17.4 Å². The van der Waals surface area contributed by atoms with Crippen molar-refractivity contribution in [2.24, 2.45) is 5.73 Å². The summed E-state index contributed by atoms with van der Waals surface area (Å²) >= 11 is 0. The molecule has 140 valence electrons. The molecule has 1 amide bonds. The van der Waals surface area contributed by atoms with Crippen molar-refractivity contribution in [2.45, 2.75) is 31.7 Å². The minimum Gasteiger partial charge on any atom is -0.494 e. The number of carbonyl (C=O) groups excluding carboxylic acids is 1. The second kappa shape index (κ2) is 8.38. The van der Waals surface area contributed by atoms with Crippen molar-refractivity contribution in [3.63, 3.8) is 0 Å². The molecule has 1 fully saturated rings. The summed E-state index contributed by atoms with van der Waals surface area (Å²) in [7, 11) is 0. The van der Waals surface area contributed by atoms with Crippen molar-refractivity contribution in [2.75, 3.05) is 26.4 Å². The molecular formula is C20H26N2O4. The Kier molecular flexibility index (Phi) is 5.96. The highest BCUT2D eigenvalue weighted by atomic mass is 16.5. The smallest absolute Gasteiger partial charge is 0.254 e. The maximum absolute atomic E-state index is 12.5. The highest BCUT2D eigenvalue weighted by Gasteiger charge is 2.35. The number of hydrogen-bond donors (Lipinski definition) is 2. The maximum Gasteiger partial charge on any atom is 0.254 e. The highest BCUT2D eigenvalue weighted by Crippen LogP contribution is 2.35. The van der Waals surface area contributed by atoms with Gasteiger partial charge in [0.25, 0.3) is 5.91 Å². The molecule has 0 atom stereocenters. The highest BCUT2D eigenvalue weighted by molar-refractivity contribution is 5.94. The van der Waals surface area contributed by atoms with Gasteiger partial charge < -0.3 is 24.9 Å². The third-order valence-electron chi connectivity index (χ3n) is 4.93. The van der Waals surface area contributed by atoms with Crippen molar-refractivity contribution >= 4 is 5.91 Å². The van der Waals surface area contributed by atoms with Gasteiger partial charge in [0.1, 0.15) is 17.8 Å². The van der Waals surface area contributed by atoms with Gasteiger partial charge in [0.2, 0.25) is 0 Å². The van der Waals surface area contributed by atoms with Crippen LogP contribution in [-0.4, -0.2) is 32.3 Å². The van der Waals surface area contributed by atoms with Gasteiger partial charge in [-0.1, -0.05) is 12.1 Å². The summed E-state index contributed by atoms with van der Waals surface area (Å²) in [6.45, 7) is 4.81. The van der Waals surface area contributed by atoms with Crippen molar-refractivity contribution in [1.82, 2.24) is 5.32 Å². The molecule has 1 aliphatic heterocycles. The summed E-state index contributed by atoms with van der Waals surface area (Å²) in [6.07, 6.45) is 3.17. The summed E-state index contributed by atoms with van der Waals surface area (Å²) in [6, 6.07) is 9.84. The fourth-order valence-electron chi connectivity index (χ4n) is 3.36. The third-order valence-corrected chi connectivity index (χ3v) is 4.93. The van der Waals surface area contributed by atoms with Gasteiger partial charge in [-0.3, -0.25) is 4.79 Å². The van der Waals surface area contributed by atoms with E-state index in [1.165, 1.54) is 11.8 Å². The molecule has 1 saturated heterocycles. The SMILES string of the molecule is CCOc1ccc(C2(CNC(=O)c3coc(CN)c3)CCOCC2)cc1. The molecule has 2 heterocycles. The molecule has 0 saturated carbocycles. The number of nitrogens with one attached hydrogen (secondary N) is 1. The van der Waals surface area contributed by atoms with Crippen LogP contribution in [0.2, 0.25) is 0 Å². The van der Waals surface area contributed by atoms with Crippen LogP contribution in [0.1, 0.15) is 41.4 Å². The van der Waals surface area contributed by atoms with E-state index in [0.29, 0.717) is 37.7 Å². The number of furan rings is 1. The molecular weight excluding hydrogens is 332 g/mol. The molecule has 0 spiro atoms. The zero-order chi connectivity index (χ0) is 18.4. The molecule has 6 heteroatoms. The van der Waals surface area contributed by atoms with Crippen LogP contribution in [0.15, 0.2) is 41.0 Å². The second-order valence-corrected chi connectivity index (χ2v) is 6.54. The first-order valence-electron chi connectivity index (χ1n) is 9.03.